The van der Waals surface area contributed by atoms with Crippen LogP contribution in [0.1, 0.15) is 19.4 Å². The smallest absolute Gasteiger partial charge is 0.227 e. The molecule has 1 aromatic heterocycles. The molecule has 0 spiro atoms. The fourth-order valence-corrected chi connectivity index (χ4v) is 1.75. The summed E-state index contributed by atoms with van der Waals surface area (Å²) in [5, 5.41) is 9.12. The number of rotatable bonds is 3. The Balaban J connectivity index is 2.39. The topological polar surface area (TPSA) is 59.1 Å². The molecule has 1 aromatic carbocycles. The van der Waals surface area contributed by atoms with Gasteiger partial charge < -0.3 is 9.15 Å². The Bertz CT molecular complexity index is 599. The van der Waals surface area contributed by atoms with E-state index in [0.29, 0.717) is 21.9 Å². The highest BCUT2D eigenvalue weighted by Gasteiger charge is 2.10. The number of halogens is 1. The number of ether oxygens (including phenoxy) is 1. The molecule has 0 amide bonds. The summed E-state index contributed by atoms with van der Waals surface area (Å²) in [6.07, 6.45) is 1.60. The quantitative estimate of drug-likeness (QED) is 0.866. The lowest BCUT2D eigenvalue weighted by molar-refractivity contribution is 0.242. The molecule has 0 radical (unpaired) electrons. The van der Waals surface area contributed by atoms with E-state index in [0.717, 1.165) is 5.56 Å². The maximum absolute atomic E-state index is 9.12. The van der Waals surface area contributed by atoms with Crippen molar-refractivity contribution < 1.29 is 9.15 Å². The van der Waals surface area contributed by atoms with E-state index in [1.807, 2.05) is 19.9 Å². The van der Waals surface area contributed by atoms with Gasteiger partial charge in [-0.15, -0.1) is 0 Å². The third-order valence-corrected chi connectivity index (χ3v) is 2.55. The first-order valence-electron chi connectivity index (χ1n) is 5.42. The zero-order chi connectivity index (χ0) is 13.1. The molecule has 0 unspecified atom stereocenters. The number of aromatic nitrogens is 1. The normalized spacial score (nSPS) is 10.4. The molecule has 0 bridgehead atoms. The van der Waals surface area contributed by atoms with Gasteiger partial charge in [0.25, 0.3) is 0 Å². The first-order chi connectivity index (χ1) is 8.60. The Hall–Kier alpha value is -1.80. The predicted molar refractivity (Wildman–Crippen MR) is 70.1 cm³/mol. The van der Waals surface area contributed by atoms with Crippen LogP contribution >= 0.6 is 15.9 Å². The van der Waals surface area contributed by atoms with Gasteiger partial charge in [0.2, 0.25) is 5.89 Å². The lowest BCUT2D eigenvalue weighted by Gasteiger charge is -2.11. The SMILES string of the molecule is CC(C)Oc1ccc(-c2ncc(Br)o2)cc1C#N. The third kappa shape index (κ3) is 2.71. The fraction of sp³-hybridized carbons (Fsp3) is 0.231. The molecule has 2 aromatic rings. The number of hydrogen-bond acceptors (Lipinski definition) is 4. The van der Waals surface area contributed by atoms with Crippen LogP contribution in [0.15, 0.2) is 33.5 Å². The van der Waals surface area contributed by atoms with Crippen LogP contribution in [-0.4, -0.2) is 11.1 Å². The molecule has 4 nitrogen and oxygen atoms in total. The Morgan fingerprint density at radius 3 is 2.78 bits per heavy atom. The molecule has 2 rings (SSSR count). The third-order valence-electron chi connectivity index (χ3n) is 2.19. The van der Waals surface area contributed by atoms with Gasteiger partial charge in [-0.2, -0.15) is 5.26 Å². The fourth-order valence-electron chi connectivity index (χ4n) is 1.49. The monoisotopic (exact) mass is 306 g/mol. The van der Waals surface area contributed by atoms with Gasteiger partial charge in [0.1, 0.15) is 11.8 Å². The zero-order valence-corrected chi connectivity index (χ0v) is 11.6. The van der Waals surface area contributed by atoms with Gasteiger partial charge in [-0.25, -0.2) is 4.98 Å². The second kappa shape index (κ2) is 5.23. The zero-order valence-electron chi connectivity index (χ0n) is 9.98. The van der Waals surface area contributed by atoms with Gasteiger partial charge in [-0.1, -0.05) is 0 Å². The molecular formula is C13H11BrN2O2. The van der Waals surface area contributed by atoms with Crippen LogP contribution in [0.4, 0.5) is 0 Å². The van der Waals surface area contributed by atoms with Crippen LogP contribution in [-0.2, 0) is 0 Å². The molecule has 0 saturated carbocycles. The first-order valence-corrected chi connectivity index (χ1v) is 6.22. The largest absolute Gasteiger partial charge is 0.490 e. The van der Waals surface area contributed by atoms with E-state index in [-0.39, 0.29) is 6.10 Å². The molecule has 0 saturated heterocycles. The van der Waals surface area contributed by atoms with Crippen molar-refractivity contribution in [3.05, 3.63) is 34.6 Å². The Morgan fingerprint density at radius 2 is 2.22 bits per heavy atom. The van der Waals surface area contributed by atoms with E-state index in [2.05, 4.69) is 27.0 Å². The number of benzene rings is 1. The molecule has 0 aliphatic carbocycles. The van der Waals surface area contributed by atoms with E-state index in [1.165, 1.54) is 0 Å². The maximum atomic E-state index is 9.12. The minimum absolute atomic E-state index is 0.0267. The van der Waals surface area contributed by atoms with E-state index < -0.39 is 0 Å². The van der Waals surface area contributed by atoms with Crippen LogP contribution < -0.4 is 4.74 Å². The Morgan fingerprint density at radius 1 is 1.44 bits per heavy atom. The standard InChI is InChI=1S/C13H11BrN2O2/c1-8(2)17-11-4-3-9(5-10(11)6-15)13-16-7-12(14)18-13/h3-5,7-8H,1-2H3. The summed E-state index contributed by atoms with van der Waals surface area (Å²) >= 11 is 3.19. The molecule has 0 aliphatic rings. The van der Waals surface area contributed by atoms with Gasteiger partial charge in [0.05, 0.1) is 17.9 Å². The second-order valence-electron chi connectivity index (χ2n) is 3.96. The van der Waals surface area contributed by atoms with Crippen molar-refractivity contribution in [2.75, 3.05) is 0 Å². The molecule has 18 heavy (non-hydrogen) atoms. The summed E-state index contributed by atoms with van der Waals surface area (Å²) in [5.41, 5.74) is 1.21. The summed E-state index contributed by atoms with van der Waals surface area (Å²) in [6, 6.07) is 7.39. The van der Waals surface area contributed by atoms with E-state index in [4.69, 9.17) is 14.4 Å². The lowest BCUT2D eigenvalue weighted by Crippen LogP contribution is -2.06. The van der Waals surface area contributed by atoms with Gasteiger partial charge in [-0.3, -0.25) is 0 Å². The van der Waals surface area contributed by atoms with Gasteiger partial charge in [0, 0.05) is 5.56 Å². The van der Waals surface area contributed by atoms with Crippen molar-refractivity contribution in [2.45, 2.75) is 20.0 Å². The highest BCUT2D eigenvalue weighted by molar-refractivity contribution is 9.10. The molecule has 0 atom stereocenters. The van der Waals surface area contributed by atoms with Gasteiger partial charge in [0.15, 0.2) is 4.67 Å². The van der Waals surface area contributed by atoms with Crippen molar-refractivity contribution in [3.63, 3.8) is 0 Å². The molecule has 92 valence electrons. The summed E-state index contributed by atoms with van der Waals surface area (Å²) < 4.78 is 11.4. The number of nitrogens with zero attached hydrogens (tertiary/aromatic N) is 2. The van der Waals surface area contributed by atoms with Crippen molar-refractivity contribution in [2.24, 2.45) is 0 Å². The minimum atomic E-state index is 0.0267. The highest BCUT2D eigenvalue weighted by Crippen LogP contribution is 2.27. The van der Waals surface area contributed by atoms with Crippen LogP contribution in [0, 0.1) is 11.3 Å². The molecule has 0 aliphatic heterocycles. The number of nitriles is 1. The van der Waals surface area contributed by atoms with Crippen LogP contribution in [0.2, 0.25) is 0 Å². The average molecular weight is 307 g/mol. The van der Waals surface area contributed by atoms with Crippen molar-refractivity contribution in [1.82, 2.24) is 4.98 Å². The molecule has 0 N–H and O–H groups in total. The summed E-state index contributed by atoms with van der Waals surface area (Å²) in [6.45, 7) is 3.83. The second-order valence-corrected chi connectivity index (χ2v) is 4.74. The summed E-state index contributed by atoms with van der Waals surface area (Å²) in [4.78, 5) is 4.09. The van der Waals surface area contributed by atoms with E-state index in [1.54, 1.807) is 18.3 Å². The Kier molecular flexibility index (Phi) is 3.68. The van der Waals surface area contributed by atoms with E-state index in [9.17, 15) is 0 Å². The van der Waals surface area contributed by atoms with Gasteiger partial charge >= 0.3 is 0 Å². The van der Waals surface area contributed by atoms with Crippen molar-refractivity contribution in [1.29, 1.82) is 5.26 Å². The van der Waals surface area contributed by atoms with Crippen molar-refractivity contribution >= 4 is 15.9 Å². The van der Waals surface area contributed by atoms with Crippen molar-refractivity contribution in [3.8, 4) is 23.3 Å². The predicted octanol–water partition coefficient (Wildman–Crippen LogP) is 3.76. The molecule has 1 heterocycles. The van der Waals surface area contributed by atoms with Crippen LogP contribution in [0.3, 0.4) is 0 Å². The summed E-state index contributed by atoms with van der Waals surface area (Å²) in [5.74, 6) is 1.04. The average Bonchev–Trinajstić information content (AvgIpc) is 2.75. The summed E-state index contributed by atoms with van der Waals surface area (Å²) in [7, 11) is 0. The lowest BCUT2D eigenvalue weighted by atomic mass is 10.1. The number of hydrogen-bond donors (Lipinski definition) is 0. The Labute approximate surface area is 113 Å². The molecule has 0 fully saturated rings. The minimum Gasteiger partial charge on any atom is -0.490 e. The van der Waals surface area contributed by atoms with E-state index >= 15 is 0 Å². The molecular weight excluding hydrogens is 296 g/mol. The highest BCUT2D eigenvalue weighted by atomic mass is 79.9. The van der Waals surface area contributed by atoms with Crippen LogP contribution in [0.5, 0.6) is 5.75 Å². The molecule has 5 heteroatoms. The first kappa shape index (κ1) is 12.7. The van der Waals surface area contributed by atoms with Crippen LogP contribution in [0.25, 0.3) is 11.5 Å². The number of oxazole rings is 1. The maximum Gasteiger partial charge on any atom is 0.227 e. The van der Waals surface area contributed by atoms with Gasteiger partial charge in [-0.05, 0) is 48.0 Å².